The molecule has 0 saturated carbocycles. The zero-order chi connectivity index (χ0) is 14.2. The van der Waals surface area contributed by atoms with E-state index in [1.807, 2.05) is 0 Å². The van der Waals surface area contributed by atoms with Crippen LogP contribution in [0.2, 0.25) is 0 Å². The van der Waals surface area contributed by atoms with E-state index in [0.29, 0.717) is 0 Å². The van der Waals surface area contributed by atoms with Gasteiger partial charge in [-0.3, -0.25) is 9.36 Å². The van der Waals surface area contributed by atoms with Crippen LogP contribution in [-0.2, 0) is 23.4 Å². The van der Waals surface area contributed by atoms with Crippen molar-refractivity contribution in [2.24, 2.45) is 0 Å². The molecule has 0 bridgehead atoms. The Morgan fingerprint density at radius 1 is 1.44 bits per heavy atom. The van der Waals surface area contributed by atoms with Gasteiger partial charge in [0.05, 0.1) is 13.0 Å². The Labute approximate surface area is 105 Å². The molecule has 7 nitrogen and oxygen atoms in total. The smallest absolute Gasteiger partial charge is 0.330 e. The number of aliphatic hydroxyl groups is 1. The predicted molar refractivity (Wildman–Crippen MR) is 63.8 cm³/mol. The summed E-state index contributed by atoms with van der Waals surface area (Å²) in [5.74, 6) is -1.75. The molecule has 0 aromatic rings. The summed E-state index contributed by atoms with van der Waals surface area (Å²) in [5, 5.41) is 17.8. The third-order valence-electron chi connectivity index (χ3n) is 1.86. The number of carbonyl (C=O) groups excluding carboxylic acids is 1. The first-order chi connectivity index (χ1) is 8.26. The zero-order valence-corrected chi connectivity index (χ0v) is 11.0. The van der Waals surface area contributed by atoms with Crippen LogP contribution in [0.3, 0.4) is 0 Å². The van der Waals surface area contributed by atoms with Crippen molar-refractivity contribution in [1.29, 1.82) is 0 Å². The number of carboxylic acid groups (broad SMARTS) is 1. The van der Waals surface area contributed by atoms with E-state index >= 15 is 0 Å². The molecule has 0 fully saturated rings. The van der Waals surface area contributed by atoms with E-state index in [9.17, 15) is 19.3 Å². The van der Waals surface area contributed by atoms with Crippen LogP contribution in [-0.4, -0.2) is 54.3 Å². The van der Waals surface area contributed by atoms with Gasteiger partial charge in [0.25, 0.3) is 0 Å². The number of rotatable bonds is 9. The topological polar surface area (TPSA) is 110 Å². The van der Waals surface area contributed by atoms with E-state index in [1.165, 1.54) is 6.66 Å². The zero-order valence-electron chi connectivity index (χ0n) is 10.1. The quantitative estimate of drug-likeness (QED) is 0.359. The summed E-state index contributed by atoms with van der Waals surface area (Å²) in [6.07, 6.45) is -0.547. The van der Waals surface area contributed by atoms with Crippen LogP contribution in [0, 0.1) is 0 Å². The molecule has 0 radical (unpaired) electrons. The fraction of sp³-hybridized carbons (Fsp3) is 0.600. The summed E-state index contributed by atoms with van der Waals surface area (Å²) >= 11 is 0. The Morgan fingerprint density at radius 2 is 2.06 bits per heavy atom. The summed E-state index contributed by atoms with van der Waals surface area (Å²) in [6, 6.07) is 0. The molecule has 8 heteroatoms. The number of ether oxygens (including phenoxy) is 1. The number of aliphatic carboxylic acids is 1. The Bertz CT molecular complexity index is 352. The van der Waals surface area contributed by atoms with Crippen molar-refractivity contribution in [1.82, 2.24) is 0 Å². The number of hydrogen-bond donors (Lipinski definition) is 2. The number of hydrogen-bond acceptors (Lipinski definition) is 6. The van der Waals surface area contributed by atoms with Crippen molar-refractivity contribution < 1.29 is 33.6 Å². The number of carbonyl (C=O) groups is 2. The minimum Gasteiger partial charge on any atom is -0.481 e. The van der Waals surface area contributed by atoms with Crippen LogP contribution >= 0.6 is 7.37 Å². The highest BCUT2D eigenvalue weighted by atomic mass is 31.2. The third-order valence-corrected chi connectivity index (χ3v) is 3.59. The Morgan fingerprint density at radius 3 is 2.56 bits per heavy atom. The molecule has 0 aliphatic rings. The van der Waals surface area contributed by atoms with Crippen molar-refractivity contribution in [3.8, 4) is 0 Å². The molecular weight excluding hydrogens is 263 g/mol. The van der Waals surface area contributed by atoms with Gasteiger partial charge in [0.1, 0.15) is 12.7 Å². The second kappa shape index (κ2) is 8.02. The molecule has 104 valence electrons. The van der Waals surface area contributed by atoms with Crippen LogP contribution in [0.1, 0.15) is 6.42 Å². The highest BCUT2D eigenvalue weighted by Crippen LogP contribution is 2.42. The molecule has 0 amide bonds. The van der Waals surface area contributed by atoms with Crippen LogP contribution < -0.4 is 0 Å². The first-order valence-electron chi connectivity index (χ1n) is 5.17. The van der Waals surface area contributed by atoms with E-state index in [2.05, 4.69) is 11.3 Å². The lowest BCUT2D eigenvalue weighted by Crippen LogP contribution is -2.23. The molecule has 0 aliphatic heterocycles. The van der Waals surface area contributed by atoms with Gasteiger partial charge in [-0.25, -0.2) is 4.79 Å². The van der Waals surface area contributed by atoms with Gasteiger partial charge >= 0.3 is 11.9 Å². The Hall–Kier alpha value is -1.17. The molecule has 0 spiro atoms. The average molecular weight is 280 g/mol. The van der Waals surface area contributed by atoms with Gasteiger partial charge in [-0.05, 0) is 0 Å². The lowest BCUT2D eigenvalue weighted by molar-refractivity contribution is -0.141. The summed E-state index contributed by atoms with van der Waals surface area (Å²) in [5.41, 5.74) is 0. The SMILES string of the molecule is C=CC(=O)OCC(O)COP(C)(=O)CCC(=O)O. The van der Waals surface area contributed by atoms with Crippen LogP contribution in [0.25, 0.3) is 0 Å². The van der Waals surface area contributed by atoms with Crippen LogP contribution in [0.15, 0.2) is 12.7 Å². The summed E-state index contributed by atoms with van der Waals surface area (Å²) in [7, 11) is -3.06. The first kappa shape index (κ1) is 16.8. The van der Waals surface area contributed by atoms with Crippen molar-refractivity contribution in [2.75, 3.05) is 26.0 Å². The standard InChI is InChI=1S/C10H17O7P/c1-3-10(14)16-6-8(11)7-17-18(2,15)5-4-9(12)13/h3,8,11H,1,4-7H2,2H3,(H,12,13). The lowest BCUT2D eigenvalue weighted by Gasteiger charge is -2.16. The fourth-order valence-electron chi connectivity index (χ4n) is 0.892. The molecule has 0 heterocycles. The maximum absolute atomic E-state index is 11.7. The van der Waals surface area contributed by atoms with Gasteiger partial charge in [-0.1, -0.05) is 6.58 Å². The van der Waals surface area contributed by atoms with E-state index < -0.39 is 25.4 Å². The van der Waals surface area contributed by atoms with E-state index in [0.717, 1.165) is 6.08 Å². The molecule has 0 aliphatic carbocycles. The largest absolute Gasteiger partial charge is 0.481 e. The molecule has 2 N–H and O–H groups in total. The second-order valence-corrected chi connectivity index (χ2v) is 6.40. The third kappa shape index (κ3) is 8.92. The summed E-state index contributed by atoms with van der Waals surface area (Å²) < 4.78 is 21.2. The molecule has 2 unspecified atom stereocenters. The van der Waals surface area contributed by atoms with Gasteiger partial charge in [0.15, 0.2) is 0 Å². The number of esters is 1. The maximum atomic E-state index is 11.7. The van der Waals surface area contributed by atoms with Gasteiger partial charge in [0, 0.05) is 18.9 Å². The fourth-order valence-corrected chi connectivity index (χ4v) is 2.11. The highest BCUT2D eigenvalue weighted by molar-refractivity contribution is 7.58. The molecule has 18 heavy (non-hydrogen) atoms. The van der Waals surface area contributed by atoms with Crippen molar-refractivity contribution >= 4 is 19.3 Å². The second-order valence-electron chi connectivity index (χ2n) is 3.67. The molecule has 2 atom stereocenters. The van der Waals surface area contributed by atoms with Gasteiger partial charge in [0.2, 0.25) is 7.37 Å². The number of carboxylic acids is 1. The molecule has 0 rings (SSSR count). The first-order valence-corrected chi connectivity index (χ1v) is 7.42. The van der Waals surface area contributed by atoms with Gasteiger partial charge < -0.3 is 19.5 Å². The van der Waals surface area contributed by atoms with E-state index in [-0.39, 0.29) is 25.8 Å². The van der Waals surface area contributed by atoms with Crippen LogP contribution in [0.5, 0.6) is 0 Å². The van der Waals surface area contributed by atoms with E-state index in [1.54, 1.807) is 0 Å². The van der Waals surface area contributed by atoms with Crippen molar-refractivity contribution in [2.45, 2.75) is 12.5 Å². The Balaban J connectivity index is 3.92. The minimum atomic E-state index is -3.06. The van der Waals surface area contributed by atoms with Crippen molar-refractivity contribution in [3.63, 3.8) is 0 Å². The molecular formula is C10H17O7P. The minimum absolute atomic E-state index is 0.110. The highest BCUT2D eigenvalue weighted by Gasteiger charge is 2.19. The molecule has 0 aromatic carbocycles. The normalized spacial score (nSPS) is 15.4. The van der Waals surface area contributed by atoms with E-state index in [4.69, 9.17) is 9.63 Å². The van der Waals surface area contributed by atoms with Crippen LogP contribution in [0.4, 0.5) is 0 Å². The monoisotopic (exact) mass is 280 g/mol. The van der Waals surface area contributed by atoms with Gasteiger partial charge in [-0.2, -0.15) is 0 Å². The maximum Gasteiger partial charge on any atom is 0.330 e. The van der Waals surface area contributed by atoms with Crippen molar-refractivity contribution in [3.05, 3.63) is 12.7 Å². The number of aliphatic hydroxyl groups excluding tert-OH is 1. The molecule has 0 aromatic heterocycles. The summed E-state index contributed by atoms with van der Waals surface area (Å²) in [4.78, 5) is 21.0. The molecule has 0 saturated heterocycles. The van der Waals surface area contributed by atoms with Gasteiger partial charge in [-0.15, -0.1) is 0 Å². The Kier molecular flexibility index (Phi) is 7.50. The predicted octanol–water partition coefficient (Wildman–Crippen LogP) is 0.476. The lowest BCUT2D eigenvalue weighted by atomic mass is 10.4. The average Bonchev–Trinajstić information content (AvgIpc) is 2.31. The summed E-state index contributed by atoms with van der Waals surface area (Å²) in [6.45, 7) is 3.87.